The van der Waals surface area contributed by atoms with Gasteiger partial charge in [-0.25, -0.2) is 0 Å². The molecule has 4 heterocycles. The first-order valence-electron chi connectivity index (χ1n) is 16.6. The van der Waals surface area contributed by atoms with Crippen molar-refractivity contribution >= 4 is 110 Å². The molecule has 0 saturated heterocycles. The summed E-state index contributed by atoms with van der Waals surface area (Å²) in [7, 11) is 0. The topological polar surface area (TPSA) is 34.2 Å². The molecule has 6 aromatic carbocycles. The molecule has 0 unspecified atom stereocenters. The second-order valence-electron chi connectivity index (χ2n) is 13.9. The molecule has 254 valence electrons. The summed E-state index contributed by atoms with van der Waals surface area (Å²) in [6, 6.07) is 30.2. The number of ether oxygens (including phenoxy) is 1. The first kappa shape index (κ1) is 32.0. The fraction of sp³-hybridized carbons (Fsp3) is 0.122. The second kappa shape index (κ2) is 10.5. The standard InChI is InChI=1S/C35H29N2O.C6H2Cl4O2.Bi/c1-23-6-10-28(11-7-23)36-30-14-25(3)15-31(20-30)37(29-12-8-24(2)9-13-29)33-17-27(5)19-35(22-33)38-34-18-26(4)16-32(36)21-34;7-1-2(8)4(10)6(12)5(11)3(1)9;/h6-19H,1-5H3;11-12H;/q;;+2/p-2. The number of hydrogen-bond acceptors (Lipinski definition) is 5. The summed E-state index contributed by atoms with van der Waals surface area (Å²) in [5, 5.41) is 0.557. The van der Waals surface area contributed by atoms with E-state index in [-0.39, 0.29) is 20.1 Å². The maximum atomic E-state index is 7.78. The van der Waals surface area contributed by atoms with Gasteiger partial charge in [-0.15, -0.1) is 0 Å². The molecular formula is C41H29BiCl4N2O3. The summed E-state index contributed by atoms with van der Waals surface area (Å²) in [6.45, 7) is 10.5. The molecule has 0 aromatic heterocycles. The summed E-state index contributed by atoms with van der Waals surface area (Å²) < 4.78 is 25.3. The van der Waals surface area contributed by atoms with Gasteiger partial charge in [-0.1, -0.05) is 0 Å². The number of nitrogens with zero attached hydrogens (tertiary/aromatic N) is 2. The summed E-state index contributed by atoms with van der Waals surface area (Å²) in [5.74, 6) is 1.95. The third-order valence-corrected chi connectivity index (χ3v) is 31.0. The predicted molar refractivity (Wildman–Crippen MR) is 212 cm³/mol. The number of benzene rings is 6. The van der Waals surface area contributed by atoms with Crippen molar-refractivity contribution < 1.29 is 10.4 Å². The molecule has 0 amide bonds. The molecule has 1 spiro atoms. The van der Waals surface area contributed by atoms with Crippen molar-refractivity contribution in [3.05, 3.63) is 133 Å². The Labute approximate surface area is 318 Å². The van der Waals surface area contributed by atoms with Crippen LogP contribution in [0, 0.1) is 34.6 Å². The third kappa shape index (κ3) is 3.93. The van der Waals surface area contributed by atoms with Crippen LogP contribution in [0.5, 0.6) is 23.0 Å². The van der Waals surface area contributed by atoms with Crippen molar-refractivity contribution in [2.45, 2.75) is 34.6 Å². The zero-order valence-corrected chi connectivity index (χ0v) is 34.7. The van der Waals surface area contributed by atoms with E-state index < -0.39 is 19.7 Å². The van der Waals surface area contributed by atoms with Crippen LogP contribution in [0.15, 0.2) is 84.9 Å². The van der Waals surface area contributed by atoms with Crippen molar-refractivity contribution in [1.82, 2.24) is 0 Å². The average molecular weight is 948 g/mol. The van der Waals surface area contributed by atoms with Gasteiger partial charge in [0.25, 0.3) is 0 Å². The SMILES string of the molecule is Cc1ccc(N2c3cc(C)cc4[c]3[Bi]35([O]c6c(Cl)c(Cl)c(Cl)c(Cl)c6[O]3)[c]3c(cc(C)cc3N(c3ccc(C)cc3)c3cc(C)cc2[c]35)O4)cc1. The molecule has 5 nitrogen and oxygen atoms in total. The molecule has 10 rings (SSSR count). The van der Waals surface area contributed by atoms with Crippen molar-refractivity contribution in [3.8, 4) is 23.0 Å². The van der Waals surface area contributed by atoms with Gasteiger partial charge in [-0.3, -0.25) is 0 Å². The summed E-state index contributed by atoms with van der Waals surface area (Å²) in [5.41, 5.74) is 11.2. The van der Waals surface area contributed by atoms with Crippen molar-refractivity contribution in [3.63, 3.8) is 0 Å². The van der Waals surface area contributed by atoms with E-state index in [2.05, 4.69) is 129 Å². The molecule has 0 radical (unpaired) electrons. The number of rotatable bonds is 2. The zero-order valence-electron chi connectivity index (χ0n) is 28.2. The van der Waals surface area contributed by atoms with Crippen LogP contribution < -0.4 is 30.0 Å². The second-order valence-corrected chi connectivity index (χ2v) is 29.5. The fourth-order valence-corrected chi connectivity index (χ4v) is 31.6. The molecule has 51 heavy (non-hydrogen) atoms. The Bertz CT molecular complexity index is 2420. The van der Waals surface area contributed by atoms with Crippen molar-refractivity contribution in [2.24, 2.45) is 0 Å². The molecule has 0 bridgehead atoms. The number of aryl methyl sites for hydroxylation is 5. The first-order valence-corrected chi connectivity index (χ1v) is 26.1. The van der Waals surface area contributed by atoms with Crippen LogP contribution in [0.3, 0.4) is 0 Å². The molecule has 4 aliphatic heterocycles. The Balaban J connectivity index is 1.46. The van der Waals surface area contributed by atoms with Gasteiger partial charge >= 0.3 is 321 Å². The van der Waals surface area contributed by atoms with Gasteiger partial charge in [0.2, 0.25) is 0 Å². The van der Waals surface area contributed by atoms with Gasteiger partial charge < -0.3 is 0 Å². The molecule has 6 aromatic rings. The van der Waals surface area contributed by atoms with Crippen LogP contribution in [0.2, 0.25) is 20.1 Å². The van der Waals surface area contributed by atoms with E-state index >= 15 is 0 Å². The summed E-state index contributed by atoms with van der Waals surface area (Å²) in [6.07, 6.45) is 0. The van der Waals surface area contributed by atoms with E-state index in [1.165, 1.54) is 11.1 Å². The van der Waals surface area contributed by atoms with E-state index in [1.54, 1.807) is 0 Å². The molecule has 0 aliphatic carbocycles. The van der Waals surface area contributed by atoms with Gasteiger partial charge in [-0.05, 0) is 0 Å². The number of halogens is 4. The third-order valence-electron chi connectivity index (χ3n) is 10.3. The Hall–Kier alpha value is -3.64. The van der Waals surface area contributed by atoms with E-state index in [0.717, 1.165) is 60.6 Å². The maximum absolute atomic E-state index is 7.78. The monoisotopic (exact) mass is 946 g/mol. The fourth-order valence-electron chi connectivity index (χ4n) is 8.32. The zero-order chi connectivity index (χ0) is 35.3. The minimum absolute atomic E-state index is 0.117. The number of anilines is 6. The quantitative estimate of drug-likeness (QED) is 0.0980. The van der Waals surface area contributed by atoms with Gasteiger partial charge in [0, 0.05) is 0 Å². The minimum atomic E-state index is -6.16. The Morgan fingerprint density at radius 1 is 0.431 bits per heavy atom. The van der Waals surface area contributed by atoms with Crippen molar-refractivity contribution in [2.75, 3.05) is 9.80 Å². The Morgan fingerprint density at radius 2 is 0.784 bits per heavy atom. The Morgan fingerprint density at radius 3 is 1.18 bits per heavy atom. The normalized spacial score (nSPS) is 16.8. The van der Waals surface area contributed by atoms with Crippen LogP contribution in [-0.2, 0) is 0 Å². The van der Waals surface area contributed by atoms with Crippen molar-refractivity contribution in [1.29, 1.82) is 0 Å². The van der Waals surface area contributed by atoms with Crippen LogP contribution >= 0.6 is 46.4 Å². The first-order chi connectivity index (χ1) is 24.4. The number of hydrogen-bond donors (Lipinski definition) is 0. The van der Waals surface area contributed by atoms with E-state index in [1.807, 2.05) is 0 Å². The van der Waals surface area contributed by atoms with E-state index in [0.29, 0.717) is 23.0 Å². The van der Waals surface area contributed by atoms with Gasteiger partial charge in [0.15, 0.2) is 0 Å². The Kier molecular flexibility index (Phi) is 6.59. The molecule has 4 aliphatic rings. The summed E-state index contributed by atoms with van der Waals surface area (Å²) >= 11 is 21.5. The average Bonchev–Trinajstić information content (AvgIpc) is 3.43. The predicted octanol–water partition coefficient (Wildman–Crippen LogP) is 11.4. The van der Waals surface area contributed by atoms with Gasteiger partial charge in [-0.2, -0.15) is 0 Å². The van der Waals surface area contributed by atoms with E-state index in [4.69, 9.17) is 56.8 Å². The van der Waals surface area contributed by atoms with Crippen LogP contribution in [0.25, 0.3) is 0 Å². The molecule has 0 fully saturated rings. The molecule has 0 N–H and O–H groups in total. The molecule has 10 heteroatoms. The van der Waals surface area contributed by atoms with E-state index in [9.17, 15) is 0 Å². The van der Waals surface area contributed by atoms with Crippen LogP contribution in [-0.4, -0.2) is 19.7 Å². The number of fused-ring (bicyclic) bond motifs is 1. The molecular weight excluding hydrogens is 919 g/mol. The molecule has 0 saturated carbocycles. The summed E-state index contributed by atoms with van der Waals surface area (Å²) in [4.78, 5) is 4.64. The van der Waals surface area contributed by atoms with Crippen LogP contribution in [0.4, 0.5) is 34.1 Å². The van der Waals surface area contributed by atoms with Crippen LogP contribution in [0.1, 0.15) is 27.8 Å². The van der Waals surface area contributed by atoms with Gasteiger partial charge in [0.05, 0.1) is 0 Å². The molecule has 0 atom stereocenters. The van der Waals surface area contributed by atoms with Gasteiger partial charge in [0.1, 0.15) is 0 Å².